The number of sulfonamides is 2. The van der Waals surface area contributed by atoms with Gasteiger partial charge in [-0.15, -0.1) is 0 Å². The van der Waals surface area contributed by atoms with Crippen molar-refractivity contribution in [3.8, 4) is 0 Å². The molecule has 2 aromatic carbocycles. The molecule has 0 aliphatic carbocycles. The van der Waals surface area contributed by atoms with Gasteiger partial charge in [-0.3, -0.25) is 4.79 Å². The smallest absolute Gasteiger partial charge is 0.265 e. The highest BCUT2D eigenvalue weighted by Crippen LogP contribution is 2.30. The van der Waals surface area contributed by atoms with Crippen molar-refractivity contribution in [2.24, 2.45) is 0 Å². The summed E-state index contributed by atoms with van der Waals surface area (Å²) in [4.78, 5) is 11.1. The lowest BCUT2D eigenvalue weighted by Gasteiger charge is -2.25. The molecule has 8 nitrogen and oxygen atoms in total. The fourth-order valence-corrected chi connectivity index (χ4v) is 6.84. The van der Waals surface area contributed by atoms with Crippen molar-refractivity contribution in [3.05, 3.63) is 71.8 Å². The van der Waals surface area contributed by atoms with Crippen molar-refractivity contribution >= 4 is 43.4 Å². The van der Waals surface area contributed by atoms with Gasteiger partial charge >= 0.3 is 0 Å². The van der Waals surface area contributed by atoms with Crippen LogP contribution in [0, 0.1) is 0 Å². The number of hydrogen-bond donors (Lipinski definition) is 2. The summed E-state index contributed by atoms with van der Waals surface area (Å²) < 4.78 is 54.3. The molecule has 29 heavy (non-hydrogen) atoms. The second kappa shape index (κ2) is 8.57. The molecule has 1 aliphatic rings. The highest BCUT2D eigenvalue weighted by Gasteiger charge is 2.34. The van der Waals surface area contributed by atoms with Crippen LogP contribution >= 0.6 is 11.8 Å². The van der Waals surface area contributed by atoms with Crippen LogP contribution in [0.15, 0.2) is 71.1 Å². The molecule has 0 saturated heterocycles. The molecule has 2 aromatic rings. The van der Waals surface area contributed by atoms with Gasteiger partial charge < -0.3 is 5.32 Å². The van der Waals surface area contributed by atoms with Gasteiger partial charge in [0.15, 0.2) is 5.50 Å². The Hall–Kier alpha value is -2.34. The lowest BCUT2D eigenvalue weighted by atomic mass is 10.2. The van der Waals surface area contributed by atoms with E-state index in [0.29, 0.717) is 11.3 Å². The molecule has 0 fully saturated rings. The van der Waals surface area contributed by atoms with E-state index in [9.17, 15) is 21.6 Å². The molecule has 0 spiro atoms. The van der Waals surface area contributed by atoms with Gasteiger partial charge in [-0.05, 0) is 35.2 Å². The zero-order valence-corrected chi connectivity index (χ0v) is 17.8. The van der Waals surface area contributed by atoms with Crippen molar-refractivity contribution < 1.29 is 21.6 Å². The molecule has 1 amide bonds. The fourth-order valence-electron chi connectivity index (χ4n) is 2.62. The van der Waals surface area contributed by atoms with Crippen LogP contribution < -0.4 is 10.0 Å². The third kappa shape index (κ3) is 5.38. The molecule has 0 radical (unpaired) electrons. The van der Waals surface area contributed by atoms with E-state index in [4.69, 9.17) is 0 Å². The molecular weight excluding hydrogens is 434 g/mol. The first-order chi connectivity index (χ1) is 13.7. The maximum absolute atomic E-state index is 13.0. The van der Waals surface area contributed by atoms with Crippen LogP contribution in [-0.4, -0.2) is 32.5 Å². The maximum Gasteiger partial charge on any atom is 0.265 e. The number of anilines is 1. The first-order valence-corrected chi connectivity index (χ1v) is 12.5. The van der Waals surface area contributed by atoms with Gasteiger partial charge in [0.1, 0.15) is 0 Å². The molecule has 154 valence electrons. The standard InChI is InChI=1S/C18H19N3O5S3/c1-14(22)19-16-7-9-17(10-8-16)29(25,26)21-11-12-27-18(21)20-28(23,24)13-15-5-3-2-4-6-15/h2-12,18,20H,13H2,1H3,(H,19,22). The van der Waals surface area contributed by atoms with Crippen LogP contribution in [0.25, 0.3) is 0 Å². The number of thioether (sulfide) groups is 1. The number of carbonyl (C=O) groups excluding carboxylic acids is 1. The van der Waals surface area contributed by atoms with Crippen molar-refractivity contribution in [1.29, 1.82) is 0 Å². The lowest BCUT2D eigenvalue weighted by Crippen LogP contribution is -2.44. The van der Waals surface area contributed by atoms with E-state index in [1.54, 1.807) is 30.3 Å². The van der Waals surface area contributed by atoms with Gasteiger partial charge in [-0.2, -0.15) is 4.72 Å². The predicted octanol–water partition coefficient (Wildman–Crippen LogP) is 2.26. The van der Waals surface area contributed by atoms with Gasteiger partial charge in [-0.1, -0.05) is 42.1 Å². The third-order valence-electron chi connectivity index (χ3n) is 3.88. The Balaban J connectivity index is 1.76. The molecular formula is C18H19N3O5S3. The summed E-state index contributed by atoms with van der Waals surface area (Å²) in [6.07, 6.45) is 1.32. The van der Waals surface area contributed by atoms with E-state index in [1.807, 2.05) is 0 Å². The Bertz CT molecular complexity index is 1120. The van der Waals surface area contributed by atoms with Gasteiger partial charge in [-0.25, -0.2) is 21.1 Å². The zero-order valence-electron chi connectivity index (χ0n) is 15.3. The van der Waals surface area contributed by atoms with Crippen molar-refractivity contribution in [2.45, 2.75) is 23.1 Å². The van der Waals surface area contributed by atoms with Crippen LogP contribution in [0.2, 0.25) is 0 Å². The molecule has 0 aromatic heterocycles. The van der Waals surface area contributed by atoms with Crippen LogP contribution in [0.1, 0.15) is 12.5 Å². The van der Waals surface area contributed by atoms with E-state index >= 15 is 0 Å². The van der Waals surface area contributed by atoms with E-state index in [-0.39, 0.29) is 16.6 Å². The third-order valence-corrected chi connectivity index (χ3v) is 8.09. The number of amides is 1. The molecule has 1 unspecified atom stereocenters. The number of carbonyl (C=O) groups is 1. The zero-order chi connectivity index (χ0) is 21.1. The first kappa shape index (κ1) is 21.4. The molecule has 1 atom stereocenters. The van der Waals surface area contributed by atoms with Crippen molar-refractivity contribution in [1.82, 2.24) is 9.03 Å². The van der Waals surface area contributed by atoms with E-state index in [2.05, 4.69) is 10.0 Å². The molecule has 11 heteroatoms. The van der Waals surface area contributed by atoms with Gasteiger partial charge in [0, 0.05) is 18.8 Å². The summed E-state index contributed by atoms with van der Waals surface area (Å²) in [7, 11) is -7.77. The Morgan fingerprint density at radius 2 is 1.69 bits per heavy atom. The second-order valence-corrected chi connectivity index (χ2v) is 10.8. The lowest BCUT2D eigenvalue weighted by molar-refractivity contribution is -0.114. The Labute approximate surface area is 174 Å². The number of nitrogens with zero attached hydrogens (tertiary/aromatic N) is 1. The molecule has 1 heterocycles. The molecule has 0 bridgehead atoms. The summed E-state index contributed by atoms with van der Waals surface area (Å²) in [5.41, 5.74) is 0.0329. The van der Waals surface area contributed by atoms with E-state index < -0.39 is 25.5 Å². The maximum atomic E-state index is 13.0. The monoisotopic (exact) mass is 453 g/mol. The van der Waals surface area contributed by atoms with Gasteiger partial charge in [0.05, 0.1) is 10.6 Å². The predicted molar refractivity (Wildman–Crippen MR) is 112 cm³/mol. The van der Waals surface area contributed by atoms with Crippen molar-refractivity contribution in [3.63, 3.8) is 0 Å². The van der Waals surface area contributed by atoms with Crippen LogP contribution in [0.5, 0.6) is 0 Å². The Morgan fingerprint density at radius 1 is 1.03 bits per heavy atom. The highest BCUT2D eigenvalue weighted by atomic mass is 32.2. The normalized spacial score (nSPS) is 16.7. The fraction of sp³-hybridized carbons (Fsp3) is 0.167. The van der Waals surface area contributed by atoms with Gasteiger partial charge in [0.2, 0.25) is 15.9 Å². The van der Waals surface area contributed by atoms with E-state index in [1.165, 1.54) is 42.8 Å². The Kier molecular flexibility index (Phi) is 6.32. The minimum atomic E-state index is -3.99. The topological polar surface area (TPSA) is 113 Å². The van der Waals surface area contributed by atoms with E-state index in [0.717, 1.165) is 16.1 Å². The number of hydrogen-bond acceptors (Lipinski definition) is 6. The number of benzene rings is 2. The molecule has 3 rings (SSSR count). The van der Waals surface area contributed by atoms with Crippen LogP contribution in [-0.2, 0) is 30.6 Å². The molecule has 2 N–H and O–H groups in total. The highest BCUT2D eigenvalue weighted by molar-refractivity contribution is 8.04. The summed E-state index contributed by atoms with van der Waals surface area (Å²) in [6.45, 7) is 1.35. The van der Waals surface area contributed by atoms with Crippen LogP contribution in [0.3, 0.4) is 0 Å². The summed E-state index contributed by atoms with van der Waals surface area (Å²) in [6, 6.07) is 14.3. The summed E-state index contributed by atoms with van der Waals surface area (Å²) >= 11 is 1.04. The Morgan fingerprint density at radius 3 is 2.31 bits per heavy atom. The van der Waals surface area contributed by atoms with Gasteiger partial charge in [0.25, 0.3) is 10.0 Å². The van der Waals surface area contributed by atoms with Crippen LogP contribution in [0.4, 0.5) is 5.69 Å². The minimum Gasteiger partial charge on any atom is -0.326 e. The molecule has 0 saturated carbocycles. The summed E-state index contributed by atoms with van der Waals surface area (Å²) in [5, 5.41) is 4.07. The van der Waals surface area contributed by atoms with Crippen molar-refractivity contribution in [2.75, 3.05) is 5.32 Å². The summed E-state index contributed by atoms with van der Waals surface area (Å²) in [5.74, 6) is -0.531. The first-order valence-electron chi connectivity index (χ1n) is 8.45. The average Bonchev–Trinajstić information content (AvgIpc) is 3.10. The number of nitrogens with one attached hydrogen (secondary N) is 2. The number of rotatable bonds is 7. The molecule has 1 aliphatic heterocycles. The minimum absolute atomic E-state index is 0.0222. The average molecular weight is 454 g/mol. The quantitative estimate of drug-likeness (QED) is 0.665. The SMILES string of the molecule is CC(=O)Nc1ccc(S(=O)(=O)N2C=CSC2NS(=O)(=O)Cc2ccccc2)cc1. The second-order valence-electron chi connectivity index (χ2n) is 6.18. The largest absolute Gasteiger partial charge is 0.326 e.